The molecular weight excluding hydrogens is 170 g/mol. The van der Waals surface area contributed by atoms with Crippen LogP contribution in [0.3, 0.4) is 0 Å². The summed E-state index contributed by atoms with van der Waals surface area (Å²) in [5.74, 6) is 0. The molecule has 0 heterocycles. The fourth-order valence-corrected chi connectivity index (χ4v) is 0.316. The van der Waals surface area contributed by atoms with Gasteiger partial charge in [-0.3, -0.25) is 0 Å². The average Bonchev–Trinajstić information content (AvgIpc) is 1.30. The molecule has 2 nitrogen and oxygen atoms in total. The Balaban J connectivity index is 0. The van der Waals surface area contributed by atoms with Crippen molar-refractivity contribution in [1.82, 2.24) is 0 Å². The average molecular weight is 182 g/mol. The van der Waals surface area contributed by atoms with Gasteiger partial charge < -0.3 is 17.0 Å². The lowest BCUT2D eigenvalue weighted by Crippen LogP contribution is -3.00. The molecule has 0 unspecified atom stereocenters. The standard InChI is InChI=1S/C5H12NO.BrH/c1-4-5-6(2,3)7;/h4,7H,1,5H2,2-3H3;1H/q+1;/p-1. The van der Waals surface area contributed by atoms with Crippen molar-refractivity contribution in [2.24, 2.45) is 0 Å². The smallest absolute Gasteiger partial charge is 0.126 e. The molecule has 0 rings (SSSR count). The number of rotatable bonds is 2. The molecule has 0 bridgehead atoms. The zero-order chi connectivity index (χ0) is 5.91. The molecule has 50 valence electrons. The fourth-order valence-electron chi connectivity index (χ4n) is 0.316. The van der Waals surface area contributed by atoms with Crippen molar-refractivity contribution in [1.29, 1.82) is 0 Å². The van der Waals surface area contributed by atoms with E-state index in [4.69, 9.17) is 5.21 Å². The number of likely N-dealkylation sites (N-methyl/N-ethyl adjacent to an activating group) is 1. The molecule has 0 aromatic heterocycles. The minimum atomic E-state index is -0.0243. The number of quaternary nitrogens is 1. The molecule has 0 saturated heterocycles. The Morgan fingerprint density at radius 3 is 2.00 bits per heavy atom. The third-order valence-electron chi connectivity index (χ3n) is 0.576. The van der Waals surface area contributed by atoms with Crippen LogP contribution in [0.5, 0.6) is 0 Å². The van der Waals surface area contributed by atoms with Crippen LogP contribution in [0.25, 0.3) is 0 Å². The van der Waals surface area contributed by atoms with Gasteiger partial charge in [0.05, 0.1) is 14.1 Å². The normalized spacial score (nSPS) is 9.88. The SMILES string of the molecule is C=CC[N+](C)(C)O.[Br-]. The van der Waals surface area contributed by atoms with Crippen LogP contribution in [0, 0.1) is 0 Å². The van der Waals surface area contributed by atoms with Gasteiger partial charge in [0.25, 0.3) is 0 Å². The van der Waals surface area contributed by atoms with Gasteiger partial charge in [-0.2, -0.15) is 4.65 Å². The van der Waals surface area contributed by atoms with Crippen LogP contribution < -0.4 is 17.0 Å². The van der Waals surface area contributed by atoms with Gasteiger partial charge >= 0.3 is 0 Å². The molecule has 0 aliphatic rings. The van der Waals surface area contributed by atoms with Gasteiger partial charge in [-0.25, -0.2) is 5.21 Å². The first-order valence-electron chi connectivity index (χ1n) is 2.23. The van der Waals surface area contributed by atoms with Crippen molar-refractivity contribution in [3.05, 3.63) is 12.7 Å². The van der Waals surface area contributed by atoms with Crippen molar-refractivity contribution in [3.63, 3.8) is 0 Å². The van der Waals surface area contributed by atoms with Gasteiger partial charge in [-0.05, 0) is 6.08 Å². The number of hydroxylamine groups is 3. The topological polar surface area (TPSA) is 20.2 Å². The second-order valence-electron chi connectivity index (χ2n) is 2.09. The van der Waals surface area contributed by atoms with E-state index in [1.54, 1.807) is 20.2 Å². The van der Waals surface area contributed by atoms with Crippen molar-refractivity contribution < 1.29 is 26.8 Å². The lowest BCUT2D eigenvalue weighted by Gasteiger charge is -2.16. The fraction of sp³-hybridized carbons (Fsp3) is 0.600. The highest BCUT2D eigenvalue weighted by Gasteiger charge is 2.03. The van der Waals surface area contributed by atoms with Crippen LogP contribution in [0.4, 0.5) is 0 Å². The first-order chi connectivity index (χ1) is 3.06. The van der Waals surface area contributed by atoms with E-state index in [9.17, 15) is 0 Å². The summed E-state index contributed by atoms with van der Waals surface area (Å²) >= 11 is 0. The monoisotopic (exact) mass is 181 g/mol. The lowest BCUT2D eigenvalue weighted by atomic mass is 10.6. The van der Waals surface area contributed by atoms with Gasteiger partial charge in [-0.1, -0.05) is 6.58 Å². The number of hydrogen-bond donors (Lipinski definition) is 1. The summed E-state index contributed by atoms with van der Waals surface area (Å²) < 4.78 is -0.0243. The van der Waals surface area contributed by atoms with E-state index < -0.39 is 0 Å². The summed E-state index contributed by atoms with van der Waals surface area (Å²) in [6, 6.07) is 0. The molecular formula is C5H12BrNO. The van der Waals surface area contributed by atoms with E-state index in [0.717, 1.165) is 0 Å². The van der Waals surface area contributed by atoms with Crippen molar-refractivity contribution >= 4 is 0 Å². The maximum Gasteiger partial charge on any atom is 0.126 e. The van der Waals surface area contributed by atoms with Crippen molar-refractivity contribution in [2.75, 3.05) is 20.6 Å². The molecule has 1 N–H and O–H groups in total. The Morgan fingerprint density at radius 2 is 2.00 bits per heavy atom. The molecule has 0 aromatic rings. The molecule has 0 aliphatic carbocycles. The van der Waals surface area contributed by atoms with Crippen LogP contribution in [-0.2, 0) is 0 Å². The summed E-state index contributed by atoms with van der Waals surface area (Å²) in [5, 5.41) is 8.88. The predicted octanol–water partition coefficient (Wildman–Crippen LogP) is -2.36. The highest BCUT2D eigenvalue weighted by molar-refractivity contribution is 4.62. The molecule has 0 radical (unpaired) electrons. The Kier molecular flexibility index (Phi) is 5.59. The Bertz CT molecular complexity index is 67.3. The first-order valence-corrected chi connectivity index (χ1v) is 2.23. The van der Waals surface area contributed by atoms with Crippen LogP contribution in [0.15, 0.2) is 12.7 Å². The van der Waals surface area contributed by atoms with Crippen LogP contribution in [0.1, 0.15) is 0 Å². The van der Waals surface area contributed by atoms with E-state index in [1.807, 2.05) is 0 Å². The third-order valence-corrected chi connectivity index (χ3v) is 0.576. The second kappa shape index (κ2) is 4.06. The van der Waals surface area contributed by atoms with Crippen LogP contribution in [0.2, 0.25) is 0 Å². The molecule has 0 spiro atoms. The van der Waals surface area contributed by atoms with Gasteiger partial charge in [0.1, 0.15) is 6.54 Å². The van der Waals surface area contributed by atoms with Gasteiger partial charge in [0.2, 0.25) is 0 Å². The quantitative estimate of drug-likeness (QED) is 0.288. The molecule has 0 aliphatic heterocycles. The summed E-state index contributed by atoms with van der Waals surface area (Å²) in [7, 11) is 3.39. The summed E-state index contributed by atoms with van der Waals surface area (Å²) in [6.45, 7) is 4.07. The first kappa shape index (κ1) is 11.0. The number of hydrogen-bond acceptors (Lipinski definition) is 1. The van der Waals surface area contributed by atoms with E-state index in [1.165, 1.54) is 0 Å². The Morgan fingerprint density at radius 1 is 1.62 bits per heavy atom. The molecule has 0 aromatic carbocycles. The zero-order valence-electron chi connectivity index (χ0n) is 5.26. The van der Waals surface area contributed by atoms with Crippen LogP contribution >= 0.6 is 0 Å². The number of halogens is 1. The molecule has 3 heteroatoms. The van der Waals surface area contributed by atoms with E-state index in [0.29, 0.717) is 6.54 Å². The molecule has 0 saturated carbocycles. The minimum Gasteiger partial charge on any atom is -1.00 e. The lowest BCUT2D eigenvalue weighted by molar-refractivity contribution is -1.07. The Hall–Kier alpha value is 0.140. The molecule has 0 fully saturated rings. The summed E-state index contributed by atoms with van der Waals surface area (Å²) in [5.41, 5.74) is 0. The Labute approximate surface area is 60.7 Å². The maximum atomic E-state index is 8.88. The van der Waals surface area contributed by atoms with Gasteiger partial charge in [0.15, 0.2) is 0 Å². The van der Waals surface area contributed by atoms with Crippen molar-refractivity contribution in [2.45, 2.75) is 0 Å². The number of nitrogens with zero attached hydrogens (tertiary/aromatic N) is 1. The van der Waals surface area contributed by atoms with Gasteiger partial charge in [-0.15, -0.1) is 0 Å². The van der Waals surface area contributed by atoms with E-state index in [2.05, 4.69) is 6.58 Å². The highest BCUT2D eigenvalue weighted by atomic mass is 79.9. The summed E-state index contributed by atoms with van der Waals surface area (Å²) in [4.78, 5) is 0. The highest BCUT2D eigenvalue weighted by Crippen LogP contribution is 1.85. The minimum absolute atomic E-state index is 0. The van der Waals surface area contributed by atoms with E-state index in [-0.39, 0.29) is 21.6 Å². The molecule has 0 amide bonds. The van der Waals surface area contributed by atoms with Gasteiger partial charge in [0, 0.05) is 0 Å². The van der Waals surface area contributed by atoms with E-state index >= 15 is 0 Å². The predicted molar refractivity (Wildman–Crippen MR) is 29.0 cm³/mol. The zero-order valence-corrected chi connectivity index (χ0v) is 6.85. The molecule has 8 heavy (non-hydrogen) atoms. The van der Waals surface area contributed by atoms with Crippen LogP contribution in [-0.4, -0.2) is 30.5 Å². The third kappa shape index (κ3) is 9.46. The molecule has 0 atom stereocenters. The maximum absolute atomic E-state index is 8.88. The summed E-state index contributed by atoms with van der Waals surface area (Å²) in [6.07, 6.45) is 1.68. The second-order valence-corrected chi connectivity index (χ2v) is 2.09. The largest absolute Gasteiger partial charge is 1.00 e. The van der Waals surface area contributed by atoms with Crippen molar-refractivity contribution in [3.8, 4) is 0 Å².